The van der Waals surface area contributed by atoms with Crippen molar-refractivity contribution in [3.8, 4) is 0 Å². The summed E-state index contributed by atoms with van der Waals surface area (Å²) in [5.41, 5.74) is 0. The lowest BCUT2D eigenvalue weighted by molar-refractivity contribution is 0.347. The molecule has 1 aliphatic heterocycles. The SMILES string of the molecule is B1OBOBO1.CN(C)C. The molecule has 0 saturated carbocycles. The normalized spacial score (nSPS) is 15.6. The van der Waals surface area contributed by atoms with E-state index in [1.54, 1.807) is 0 Å². The summed E-state index contributed by atoms with van der Waals surface area (Å²) in [4.78, 5) is 2.00. The summed E-state index contributed by atoms with van der Waals surface area (Å²) in [6, 6.07) is 0. The van der Waals surface area contributed by atoms with Gasteiger partial charge in [0, 0.05) is 0 Å². The molecule has 0 unspecified atom stereocenters. The molecule has 0 amide bonds. The van der Waals surface area contributed by atoms with Gasteiger partial charge in [-0.05, 0) is 21.1 Å². The molecular formula is C3H12B3NO3. The van der Waals surface area contributed by atoms with E-state index in [-0.39, 0.29) is 0 Å². The van der Waals surface area contributed by atoms with Crippen molar-refractivity contribution in [2.75, 3.05) is 21.1 Å². The summed E-state index contributed by atoms with van der Waals surface area (Å²) in [5, 5.41) is 0. The van der Waals surface area contributed by atoms with E-state index in [0.717, 1.165) is 0 Å². The molecule has 56 valence electrons. The minimum absolute atomic E-state index is 0.375. The Morgan fingerprint density at radius 3 is 1.10 bits per heavy atom. The second-order valence-corrected chi connectivity index (χ2v) is 2.31. The summed E-state index contributed by atoms with van der Waals surface area (Å²) in [6.45, 7) is 0. The smallest absolute Gasteiger partial charge is 0.410 e. The molecule has 0 N–H and O–H groups in total. The quantitative estimate of drug-likeness (QED) is 0.367. The lowest BCUT2D eigenvalue weighted by Crippen LogP contribution is -2.23. The van der Waals surface area contributed by atoms with Crippen LogP contribution in [0.4, 0.5) is 0 Å². The van der Waals surface area contributed by atoms with Crippen LogP contribution >= 0.6 is 0 Å². The van der Waals surface area contributed by atoms with E-state index in [1.165, 1.54) is 0 Å². The number of hydrogen-bond acceptors (Lipinski definition) is 4. The molecule has 0 bridgehead atoms. The maximum absolute atomic E-state index is 4.62. The predicted octanol–water partition coefficient (Wildman–Crippen LogP) is -1.97. The van der Waals surface area contributed by atoms with Crippen molar-refractivity contribution in [3.05, 3.63) is 0 Å². The van der Waals surface area contributed by atoms with Crippen LogP contribution in [0.2, 0.25) is 0 Å². The van der Waals surface area contributed by atoms with Gasteiger partial charge in [-0.3, -0.25) is 0 Å². The van der Waals surface area contributed by atoms with Crippen LogP contribution in [0.15, 0.2) is 0 Å². The first-order valence-electron chi connectivity index (χ1n) is 3.07. The van der Waals surface area contributed by atoms with Crippen LogP contribution in [0.5, 0.6) is 0 Å². The maximum Gasteiger partial charge on any atom is 0.410 e. The van der Waals surface area contributed by atoms with Gasteiger partial charge >= 0.3 is 23.1 Å². The molecule has 1 aliphatic rings. The van der Waals surface area contributed by atoms with Gasteiger partial charge in [0.2, 0.25) is 0 Å². The van der Waals surface area contributed by atoms with E-state index in [1.807, 2.05) is 26.0 Å². The van der Waals surface area contributed by atoms with Gasteiger partial charge in [0.25, 0.3) is 0 Å². The monoisotopic (exact) mass is 143 g/mol. The molecule has 4 nitrogen and oxygen atoms in total. The maximum atomic E-state index is 4.62. The van der Waals surface area contributed by atoms with Gasteiger partial charge in [-0.1, -0.05) is 0 Å². The van der Waals surface area contributed by atoms with Crippen LogP contribution in [-0.2, 0) is 13.7 Å². The van der Waals surface area contributed by atoms with Gasteiger partial charge in [0.15, 0.2) is 0 Å². The standard InChI is InChI=1S/C3H9N.B3H3O3/c1-4(2)3;1-4-2-6-3-5-1/h1-3H3;1-3H. The highest BCUT2D eigenvalue weighted by atomic mass is 16.7. The minimum atomic E-state index is 0.375. The van der Waals surface area contributed by atoms with Gasteiger partial charge in [-0.15, -0.1) is 0 Å². The van der Waals surface area contributed by atoms with Crippen molar-refractivity contribution in [2.45, 2.75) is 0 Å². The largest absolute Gasteiger partial charge is 0.458 e. The van der Waals surface area contributed by atoms with Gasteiger partial charge in [0.1, 0.15) is 0 Å². The van der Waals surface area contributed by atoms with Crippen LogP contribution in [-0.4, -0.2) is 49.1 Å². The van der Waals surface area contributed by atoms with Gasteiger partial charge in [0.05, 0.1) is 0 Å². The number of nitrogens with zero attached hydrogens (tertiary/aromatic N) is 1. The Morgan fingerprint density at radius 1 is 0.800 bits per heavy atom. The highest BCUT2D eigenvalue weighted by molar-refractivity contribution is 6.50. The third kappa shape index (κ3) is 10.9. The van der Waals surface area contributed by atoms with Crippen molar-refractivity contribution in [2.24, 2.45) is 0 Å². The van der Waals surface area contributed by atoms with Crippen molar-refractivity contribution < 1.29 is 13.7 Å². The molecule has 1 heterocycles. The predicted molar refractivity (Wildman–Crippen MR) is 44.3 cm³/mol. The summed E-state index contributed by atoms with van der Waals surface area (Å²) in [7, 11) is 7.12. The van der Waals surface area contributed by atoms with Crippen LogP contribution in [0.3, 0.4) is 0 Å². The van der Waals surface area contributed by atoms with Crippen molar-refractivity contribution in [1.29, 1.82) is 0 Å². The molecule has 0 aromatic heterocycles. The summed E-state index contributed by atoms with van der Waals surface area (Å²) in [6.07, 6.45) is 0. The first-order chi connectivity index (χ1) is 4.73. The van der Waals surface area contributed by atoms with Gasteiger partial charge in [-0.2, -0.15) is 0 Å². The molecule has 7 heteroatoms. The fourth-order valence-electron chi connectivity index (χ4n) is 0.279. The van der Waals surface area contributed by atoms with Gasteiger partial charge < -0.3 is 18.6 Å². The molecule has 1 saturated heterocycles. The van der Waals surface area contributed by atoms with Crippen LogP contribution < -0.4 is 0 Å². The van der Waals surface area contributed by atoms with Crippen LogP contribution in [0.1, 0.15) is 0 Å². The molecule has 0 atom stereocenters. The van der Waals surface area contributed by atoms with Gasteiger partial charge in [-0.25, -0.2) is 0 Å². The van der Waals surface area contributed by atoms with E-state index in [0.29, 0.717) is 23.1 Å². The summed E-state index contributed by atoms with van der Waals surface area (Å²) < 4.78 is 13.9. The Labute approximate surface area is 63.7 Å². The molecule has 10 heavy (non-hydrogen) atoms. The van der Waals surface area contributed by atoms with Crippen LogP contribution in [0, 0.1) is 0 Å². The molecule has 1 fully saturated rings. The summed E-state index contributed by atoms with van der Waals surface area (Å²) >= 11 is 0. The first-order valence-corrected chi connectivity index (χ1v) is 3.07. The molecule has 0 aromatic rings. The highest BCUT2D eigenvalue weighted by Gasteiger charge is 2.03. The average Bonchev–Trinajstić information content (AvgIpc) is 1.90. The molecule has 1 rings (SSSR count). The van der Waals surface area contributed by atoms with Crippen molar-refractivity contribution in [1.82, 2.24) is 4.90 Å². The Hall–Kier alpha value is 0.0348. The Kier molecular flexibility index (Phi) is 7.17. The Balaban J connectivity index is 0.000000180. The van der Waals surface area contributed by atoms with E-state index in [2.05, 4.69) is 13.7 Å². The third-order valence-corrected chi connectivity index (χ3v) is 0.500. The number of rotatable bonds is 0. The van der Waals surface area contributed by atoms with E-state index >= 15 is 0 Å². The topological polar surface area (TPSA) is 30.9 Å². The lowest BCUT2D eigenvalue weighted by atomic mass is 10.1. The zero-order valence-electron chi connectivity index (χ0n) is 6.79. The molecule has 0 spiro atoms. The fraction of sp³-hybridized carbons (Fsp3) is 1.00. The Morgan fingerprint density at radius 2 is 1.00 bits per heavy atom. The third-order valence-electron chi connectivity index (χ3n) is 0.500. The molecule has 0 aliphatic carbocycles. The zero-order valence-corrected chi connectivity index (χ0v) is 6.79. The zero-order chi connectivity index (χ0) is 7.82. The molecular weight excluding hydrogens is 130 g/mol. The van der Waals surface area contributed by atoms with E-state index in [9.17, 15) is 0 Å². The average molecular weight is 143 g/mol. The van der Waals surface area contributed by atoms with E-state index < -0.39 is 0 Å². The van der Waals surface area contributed by atoms with Crippen molar-refractivity contribution in [3.63, 3.8) is 0 Å². The summed E-state index contributed by atoms with van der Waals surface area (Å²) in [5.74, 6) is 0. The second-order valence-electron chi connectivity index (χ2n) is 2.31. The number of hydrogen-bond donors (Lipinski definition) is 0. The first kappa shape index (κ1) is 10.0. The lowest BCUT2D eigenvalue weighted by Gasteiger charge is -2.07. The Bertz CT molecular complexity index is 55.7. The highest BCUT2D eigenvalue weighted by Crippen LogP contribution is 1.78. The molecule has 0 radical (unpaired) electrons. The van der Waals surface area contributed by atoms with Crippen molar-refractivity contribution >= 4 is 23.1 Å². The molecule has 0 aromatic carbocycles. The second kappa shape index (κ2) is 7.15. The van der Waals surface area contributed by atoms with Crippen LogP contribution in [0.25, 0.3) is 0 Å². The fourth-order valence-corrected chi connectivity index (χ4v) is 0.279. The minimum Gasteiger partial charge on any atom is -0.458 e. The van der Waals surface area contributed by atoms with E-state index in [4.69, 9.17) is 0 Å².